The van der Waals surface area contributed by atoms with Gasteiger partial charge in [-0.15, -0.1) is 0 Å². The summed E-state index contributed by atoms with van der Waals surface area (Å²) in [6.45, 7) is -0.173. The van der Waals surface area contributed by atoms with Crippen LogP contribution in [0.3, 0.4) is 0 Å². The van der Waals surface area contributed by atoms with Gasteiger partial charge in [0.2, 0.25) is 0 Å². The number of amides is 1. The average Bonchev–Trinajstić information content (AvgIpc) is 3.07. The molecule has 0 saturated carbocycles. The highest BCUT2D eigenvalue weighted by atomic mass is 32.2. The van der Waals surface area contributed by atoms with Crippen molar-refractivity contribution in [2.24, 2.45) is 4.99 Å². The predicted molar refractivity (Wildman–Crippen MR) is 114 cm³/mol. The highest BCUT2D eigenvalue weighted by Crippen LogP contribution is 2.27. The number of carbonyl (C=O) groups excluding carboxylic acids is 1. The maximum atomic E-state index is 13.0. The lowest BCUT2D eigenvalue weighted by Crippen LogP contribution is -2.23. The van der Waals surface area contributed by atoms with Crippen molar-refractivity contribution in [1.29, 1.82) is 0 Å². The van der Waals surface area contributed by atoms with Crippen LogP contribution in [0.2, 0.25) is 0 Å². The number of rotatable bonds is 5. The Morgan fingerprint density at radius 1 is 1.21 bits per heavy atom. The third kappa shape index (κ3) is 4.70. The number of halogens is 1. The molecule has 0 radical (unpaired) electrons. The number of carbonyl (C=O) groups is 1. The molecule has 1 saturated heterocycles. The lowest BCUT2D eigenvalue weighted by molar-refractivity contribution is -0.115. The van der Waals surface area contributed by atoms with Crippen LogP contribution < -0.4 is 5.32 Å². The number of aliphatic hydroxyl groups is 1. The summed E-state index contributed by atoms with van der Waals surface area (Å²) >= 11 is 1.24. The van der Waals surface area contributed by atoms with E-state index in [1.165, 1.54) is 23.9 Å². The first-order valence-corrected chi connectivity index (χ1v) is 9.91. The monoisotopic (exact) mass is 407 g/mol. The summed E-state index contributed by atoms with van der Waals surface area (Å²) in [5.74, 6) is -0.531. The molecule has 1 aliphatic heterocycles. The Morgan fingerprint density at radius 2 is 2.03 bits per heavy atom. The number of aliphatic imine (C=N–C) groups is 1. The van der Waals surface area contributed by atoms with Crippen LogP contribution in [0.4, 0.5) is 4.39 Å². The topological polar surface area (TPSA) is 74.6 Å². The van der Waals surface area contributed by atoms with Gasteiger partial charge in [-0.1, -0.05) is 24.3 Å². The SMILES string of the molecule is O=C1NC(=N[C@@H](CO)Cc2ccc(F)cc2)SC1=Cc1ccc2ncccc2c1. The fourth-order valence-electron chi connectivity index (χ4n) is 3.03. The molecular weight excluding hydrogens is 389 g/mol. The van der Waals surface area contributed by atoms with Gasteiger partial charge in [-0.05, 0) is 65.7 Å². The van der Waals surface area contributed by atoms with E-state index < -0.39 is 6.04 Å². The normalized spacial score (nSPS) is 17.8. The minimum absolute atomic E-state index is 0.173. The van der Waals surface area contributed by atoms with Gasteiger partial charge in [0.1, 0.15) is 5.82 Å². The van der Waals surface area contributed by atoms with E-state index in [2.05, 4.69) is 15.3 Å². The largest absolute Gasteiger partial charge is 0.394 e. The number of fused-ring (bicyclic) bond motifs is 1. The third-order valence-electron chi connectivity index (χ3n) is 4.47. The van der Waals surface area contributed by atoms with Gasteiger partial charge in [-0.2, -0.15) is 0 Å². The molecule has 3 aromatic rings. The molecule has 0 spiro atoms. The Kier molecular flexibility index (Phi) is 5.69. The quantitative estimate of drug-likeness (QED) is 0.635. The number of aromatic nitrogens is 1. The lowest BCUT2D eigenvalue weighted by Gasteiger charge is -2.10. The van der Waals surface area contributed by atoms with Gasteiger partial charge >= 0.3 is 0 Å². The zero-order chi connectivity index (χ0) is 20.2. The number of aliphatic hydroxyl groups excluding tert-OH is 1. The number of thioether (sulfide) groups is 1. The first kappa shape index (κ1) is 19.3. The summed E-state index contributed by atoms with van der Waals surface area (Å²) in [5, 5.41) is 13.8. The minimum Gasteiger partial charge on any atom is -0.394 e. The van der Waals surface area contributed by atoms with E-state index in [1.807, 2.05) is 36.4 Å². The second-order valence-electron chi connectivity index (χ2n) is 6.62. The molecule has 7 heteroatoms. The Balaban J connectivity index is 1.50. The van der Waals surface area contributed by atoms with Crippen molar-refractivity contribution < 1.29 is 14.3 Å². The summed E-state index contributed by atoms with van der Waals surface area (Å²) < 4.78 is 13.0. The molecule has 2 N–H and O–H groups in total. The number of nitrogens with zero attached hydrogens (tertiary/aromatic N) is 2. The third-order valence-corrected chi connectivity index (χ3v) is 5.39. The lowest BCUT2D eigenvalue weighted by atomic mass is 10.1. The molecule has 2 heterocycles. The van der Waals surface area contributed by atoms with Gasteiger partial charge < -0.3 is 10.4 Å². The molecule has 0 bridgehead atoms. The molecular formula is C22H18FN3O2S. The summed E-state index contributed by atoms with van der Waals surface area (Å²) in [5.41, 5.74) is 2.66. The Morgan fingerprint density at radius 3 is 2.83 bits per heavy atom. The number of hydrogen-bond donors (Lipinski definition) is 2. The van der Waals surface area contributed by atoms with Crippen molar-refractivity contribution in [1.82, 2.24) is 10.3 Å². The fraction of sp³-hybridized carbons (Fsp3) is 0.136. The van der Waals surface area contributed by atoms with E-state index in [9.17, 15) is 14.3 Å². The molecule has 1 atom stereocenters. The van der Waals surface area contributed by atoms with Crippen molar-refractivity contribution in [2.75, 3.05) is 6.61 Å². The zero-order valence-electron chi connectivity index (χ0n) is 15.4. The maximum Gasteiger partial charge on any atom is 0.264 e. The Bertz CT molecular complexity index is 1110. The van der Waals surface area contributed by atoms with E-state index in [0.717, 1.165) is 22.0 Å². The van der Waals surface area contributed by atoms with Gasteiger partial charge in [0.15, 0.2) is 5.17 Å². The number of hydrogen-bond acceptors (Lipinski definition) is 5. The van der Waals surface area contributed by atoms with Gasteiger partial charge in [0.05, 0.1) is 23.1 Å². The standard InChI is InChI=1S/C22H18FN3O2S/c23-17-6-3-14(4-7-17)11-18(13-27)25-22-26-21(28)20(29-22)12-15-5-8-19-16(10-15)2-1-9-24-19/h1-10,12,18,27H,11,13H2,(H,25,26,28)/t18-/m1/s1. The van der Waals surface area contributed by atoms with E-state index in [0.29, 0.717) is 16.5 Å². The molecule has 2 aromatic carbocycles. The van der Waals surface area contributed by atoms with Crippen LogP contribution in [0.5, 0.6) is 0 Å². The van der Waals surface area contributed by atoms with Crippen molar-refractivity contribution >= 4 is 39.8 Å². The number of nitrogens with one attached hydrogen (secondary N) is 1. The van der Waals surface area contributed by atoms with Crippen LogP contribution in [0.25, 0.3) is 17.0 Å². The van der Waals surface area contributed by atoms with Crippen LogP contribution in [0.1, 0.15) is 11.1 Å². The highest BCUT2D eigenvalue weighted by molar-refractivity contribution is 8.18. The van der Waals surface area contributed by atoms with Gasteiger partial charge in [-0.25, -0.2) is 4.39 Å². The van der Waals surface area contributed by atoms with Crippen LogP contribution in [-0.4, -0.2) is 33.8 Å². The van der Waals surface area contributed by atoms with Crippen molar-refractivity contribution in [3.8, 4) is 0 Å². The summed E-state index contributed by atoms with van der Waals surface area (Å²) in [6, 6.07) is 15.3. The van der Waals surface area contributed by atoms with Gasteiger partial charge in [0.25, 0.3) is 5.91 Å². The highest BCUT2D eigenvalue weighted by Gasteiger charge is 2.24. The van der Waals surface area contributed by atoms with Crippen LogP contribution >= 0.6 is 11.8 Å². The van der Waals surface area contributed by atoms with Gasteiger partial charge in [0, 0.05) is 11.6 Å². The summed E-state index contributed by atoms with van der Waals surface area (Å²) in [7, 11) is 0. The zero-order valence-corrected chi connectivity index (χ0v) is 16.2. The van der Waals surface area contributed by atoms with Crippen LogP contribution in [-0.2, 0) is 11.2 Å². The molecule has 146 valence electrons. The number of pyridine rings is 1. The van der Waals surface area contributed by atoms with Crippen LogP contribution in [0.15, 0.2) is 70.7 Å². The maximum absolute atomic E-state index is 13.0. The first-order valence-electron chi connectivity index (χ1n) is 9.09. The van der Waals surface area contributed by atoms with E-state index in [1.54, 1.807) is 18.3 Å². The van der Waals surface area contributed by atoms with E-state index in [-0.39, 0.29) is 18.3 Å². The smallest absolute Gasteiger partial charge is 0.264 e. The molecule has 1 aromatic heterocycles. The van der Waals surface area contributed by atoms with Crippen LogP contribution in [0, 0.1) is 5.82 Å². The summed E-state index contributed by atoms with van der Waals surface area (Å²) in [4.78, 5) is 21.6. The Hall–Kier alpha value is -3.03. The number of amidine groups is 1. The fourth-order valence-corrected chi connectivity index (χ4v) is 3.93. The predicted octanol–water partition coefficient (Wildman–Crippen LogP) is 3.54. The van der Waals surface area contributed by atoms with Crippen molar-refractivity contribution in [3.63, 3.8) is 0 Å². The average molecular weight is 407 g/mol. The molecule has 1 amide bonds. The van der Waals surface area contributed by atoms with Crippen molar-refractivity contribution in [2.45, 2.75) is 12.5 Å². The van der Waals surface area contributed by atoms with E-state index in [4.69, 9.17) is 0 Å². The second-order valence-corrected chi connectivity index (χ2v) is 7.65. The Labute approximate surface area is 171 Å². The van der Waals surface area contributed by atoms with Crippen molar-refractivity contribution in [3.05, 3.63) is 82.6 Å². The molecule has 5 nitrogen and oxygen atoms in total. The second kappa shape index (κ2) is 8.55. The molecule has 0 unspecified atom stereocenters. The molecule has 4 rings (SSSR count). The number of benzene rings is 2. The van der Waals surface area contributed by atoms with Gasteiger partial charge in [-0.3, -0.25) is 14.8 Å². The minimum atomic E-state index is -0.422. The first-order chi connectivity index (χ1) is 14.1. The molecule has 1 fully saturated rings. The molecule has 1 aliphatic rings. The molecule has 29 heavy (non-hydrogen) atoms. The molecule has 0 aliphatic carbocycles. The van der Waals surface area contributed by atoms with E-state index >= 15 is 0 Å². The summed E-state index contributed by atoms with van der Waals surface area (Å²) in [6.07, 6.45) is 4.00.